The average Bonchev–Trinajstić information content (AvgIpc) is 3.28. The minimum Gasteiger partial charge on any atom is -0.379 e. The minimum atomic E-state index is -0.0329. The van der Waals surface area contributed by atoms with Gasteiger partial charge in [0.15, 0.2) is 0 Å². The van der Waals surface area contributed by atoms with Gasteiger partial charge < -0.3 is 14.2 Å². The molecular weight excluding hydrogens is 384 g/mol. The molecule has 0 saturated carbocycles. The highest BCUT2D eigenvalue weighted by Crippen LogP contribution is 2.57. The number of benzene rings is 2. The third kappa shape index (κ3) is 2.77. The summed E-state index contributed by atoms with van der Waals surface area (Å²) in [4.78, 5) is 0. The first kappa shape index (κ1) is 19.5. The van der Waals surface area contributed by atoms with Gasteiger partial charge in [-0.2, -0.15) is 0 Å². The summed E-state index contributed by atoms with van der Waals surface area (Å²) >= 11 is 0. The highest BCUT2D eigenvalue weighted by molar-refractivity contribution is 5.69. The van der Waals surface area contributed by atoms with Crippen LogP contribution in [0, 0.1) is 10.8 Å². The Bertz CT molecular complexity index is 975. The number of hydrogen-bond acceptors (Lipinski definition) is 3. The monoisotopic (exact) mass is 414 g/mol. The Balaban J connectivity index is 1.42. The standard InChI is InChI=1S/C28H30O3/c1-3-27(15-29-16-27)23-13-19-9-5-7-11-21(19)25(23)31-26-22-12-8-6-10-20(22)14-24(26)28(4-2)17-30-18-28/h5-14,25-26H,3-4,15-18H2,1-2H3. The molecular formula is C28H30O3. The first-order valence-electron chi connectivity index (χ1n) is 11.6. The first-order valence-corrected chi connectivity index (χ1v) is 11.6. The second-order valence-electron chi connectivity index (χ2n) is 9.61. The molecule has 2 unspecified atom stereocenters. The van der Waals surface area contributed by atoms with E-state index in [1.54, 1.807) is 0 Å². The van der Waals surface area contributed by atoms with E-state index in [-0.39, 0.29) is 23.0 Å². The lowest BCUT2D eigenvalue weighted by molar-refractivity contribution is -0.119. The van der Waals surface area contributed by atoms with Crippen molar-refractivity contribution in [3.05, 3.63) is 81.9 Å². The lowest BCUT2D eigenvalue weighted by atomic mass is 9.73. The fourth-order valence-corrected chi connectivity index (χ4v) is 5.72. The summed E-state index contributed by atoms with van der Waals surface area (Å²) in [6, 6.07) is 17.4. The summed E-state index contributed by atoms with van der Waals surface area (Å²) in [5.41, 5.74) is 8.12. The SMILES string of the molecule is CCC1(C2=Cc3ccccc3C2OC2C(C3(CC)COC3)=Cc3ccccc32)COC1. The van der Waals surface area contributed by atoms with Gasteiger partial charge in [-0.1, -0.05) is 74.5 Å². The van der Waals surface area contributed by atoms with Gasteiger partial charge in [0.1, 0.15) is 12.2 Å². The van der Waals surface area contributed by atoms with Gasteiger partial charge in [0, 0.05) is 10.8 Å². The number of rotatable bonds is 6. The highest BCUT2D eigenvalue weighted by Gasteiger charge is 2.50. The lowest BCUT2D eigenvalue weighted by Gasteiger charge is -2.46. The van der Waals surface area contributed by atoms with Gasteiger partial charge in [-0.3, -0.25) is 0 Å². The minimum absolute atomic E-state index is 0.0329. The molecule has 2 aromatic carbocycles. The Morgan fingerprint density at radius 2 is 1.13 bits per heavy atom. The molecule has 31 heavy (non-hydrogen) atoms. The van der Waals surface area contributed by atoms with Gasteiger partial charge >= 0.3 is 0 Å². The van der Waals surface area contributed by atoms with Crippen LogP contribution in [0.15, 0.2) is 59.7 Å². The fraction of sp³-hybridized carbons (Fsp3) is 0.429. The van der Waals surface area contributed by atoms with Crippen molar-refractivity contribution in [3.63, 3.8) is 0 Å². The topological polar surface area (TPSA) is 27.7 Å². The van der Waals surface area contributed by atoms with Crippen LogP contribution in [-0.2, 0) is 14.2 Å². The molecule has 0 amide bonds. The summed E-state index contributed by atoms with van der Waals surface area (Å²) in [6.07, 6.45) is 6.83. The normalized spacial score (nSPS) is 26.9. The highest BCUT2D eigenvalue weighted by atomic mass is 16.5. The Morgan fingerprint density at radius 1 is 0.710 bits per heavy atom. The zero-order valence-electron chi connectivity index (χ0n) is 18.4. The largest absolute Gasteiger partial charge is 0.379 e. The zero-order chi connectivity index (χ0) is 21.1. The van der Waals surface area contributed by atoms with Crippen molar-refractivity contribution in [2.75, 3.05) is 26.4 Å². The molecule has 2 aromatic rings. The van der Waals surface area contributed by atoms with E-state index in [0.717, 1.165) is 39.3 Å². The van der Waals surface area contributed by atoms with Gasteiger partial charge in [-0.05, 0) is 46.2 Å². The average molecular weight is 415 g/mol. The Labute approximate surface area is 184 Å². The number of ether oxygens (including phenoxy) is 3. The van der Waals surface area contributed by atoms with Crippen LogP contribution in [0.25, 0.3) is 12.2 Å². The van der Waals surface area contributed by atoms with Gasteiger partial charge in [-0.15, -0.1) is 0 Å². The van der Waals surface area contributed by atoms with Crippen molar-refractivity contribution in [1.29, 1.82) is 0 Å². The fourth-order valence-electron chi connectivity index (χ4n) is 5.72. The smallest absolute Gasteiger partial charge is 0.106 e. The molecule has 0 N–H and O–H groups in total. The second-order valence-corrected chi connectivity index (χ2v) is 9.61. The van der Waals surface area contributed by atoms with Crippen molar-refractivity contribution in [3.8, 4) is 0 Å². The van der Waals surface area contributed by atoms with Crippen LogP contribution >= 0.6 is 0 Å². The molecule has 3 nitrogen and oxygen atoms in total. The Kier molecular flexibility index (Phi) is 4.50. The molecule has 0 bridgehead atoms. The lowest BCUT2D eigenvalue weighted by Crippen LogP contribution is -2.46. The van der Waals surface area contributed by atoms with Crippen molar-refractivity contribution < 1.29 is 14.2 Å². The zero-order valence-corrected chi connectivity index (χ0v) is 18.4. The summed E-state index contributed by atoms with van der Waals surface area (Å²) in [5, 5.41) is 0. The van der Waals surface area contributed by atoms with E-state index in [2.05, 4.69) is 74.5 Å². The van der Waals surface area contributed by atoms with Crippen LogP contribution in [-0.4, -0.2) is 26.4 Å². The van der Waals surface area contributed by atoms with Crippen LogP contribution in [0.4, 0.5) is 0 Å². The van der Waals surface area contributed by atoms with Gasteiger partial charge in [0.25, 0.3) is 0 Å². The van der Waals surface area contributed by atoms with Crippen LogP contribution in [0.3, 0.4) is 0 Å². The molecule has 3 heteroatoms. The molecule has 2 aliphatic carbocycles. The third-order valence-corrected chi connectivity index (χ3v) is 8.11. The van der Waals surface area contributed by atoms with E-state index >= 15 is 0 Å². The second kappa shape index (κ2) is 7.16. The molecule has 160 valence electrons. The molecule has 0 spiro atoms. The maximum Gasteiger partial charge on any atom is 0.106 e. The quantitative estimate of drug-likeness (QED) is 0.569. The summed E-state index contributed by atoms with van der Waals surface area (Å²) in [6.45, 7) is 7.72. The molecule has 0 aromatic heterocycles. The van der Waals surface area contributed by atoms with Crippen molar-refractivity contribution in [2.24, 2.45) is 10.8 Å². The molecule has 2 atom stereocenters. The first-order chi connectivity index (χ1) is 15.2. The van der Waals surface area contributed by atoms with Gasteiger partial charge in [0.05, 0.1) is 26.4 Å². The summed E-state index contributed by atoms with van der Waals surface area (Å²) < 4.78 is 18.6. The molecule has 2 heterocycles. The number of fused-ring (bicyclic) bond motifs is 2. The third-order valence-electron chi connectivity index (χ3n) is 8.11. The van der Waals surface area contributed by atoms with Crippen molar-refractivity contribution >= 4 is 12.2 Å². The number of hydrogen-bond donors (Lipinski definition) is 0. The molecule has 2 aliphatic heterocycles. The van der Waals surface area contributed by atoms with E-state index in [0.29, 0.717) is 0 Å². The van der Waals surface area contributed by atoms with E-state index in [4.69, 9.17) is 14.2 Å². The van der Waals surface area contributed by atoms with Crippen molar-refractivity contribution in [2.45, 2.75) is 38.9 Å². The van der Waals surface area contributed by atoms with Crippen LogP contribution in [0.2, 0.25) is 0 Å². The van der Waals surface area contributed by atoms with Crippen LogP contribution < -0.4 is 0 Å². The molecule has 2 fully saturated rings. The van der Waals surface area contributed by atoms with Crippen LogP contribution in [0.1, 0.15) is 61.2 Å². The van der Waals surface area contributed by atoms with E-state index in [1.807, 2.05) is 0 Å². The summed E-state index contributed by atoms with van der Waals surface area (Å²) in [7, 11) is 0. The van der Waals surface area contributed by atoms with Crippen LogP contribution in [0.5, 0.6) is 0 Å². The molecule has 4 aliphatic rings. The van der Waals surface area contributed by atoms with E-state index < -0.39 is 0 Å². The maximum absolute atomic E-state index is 7.17. The van der Waals surface area contributed by atoms with E-state index in [9.17, 15) is 0 Å². The molecule has 0 radical (unpaired) electrons. The predicted molar refractivity (Wildman–Crippen MR) is 122 cm³/mol. The predicted octanol–water partition coefficient (Wildman–Crippen LogP) is 6.13. The Morgan fingerprint density at radius 3 is 1.48 bits per heavy atom. The summed E-state index contributed by atoms with van der Waals surface area (Å²) in [5.74, 6) is 0. The molecule has 6 rings (SSSR count). The maximum atomic E-state index is 7.17. The van der Waals surface area contributed by atoms with E-state index in [1.165, 1.54) is 33.4 Å². The molecule has 2 saturated heterocycles. The van der Waals surface area contributed by atoms with Crippen molar-refractivity contribution in [1.82, 2.24) is 0 Å². The van der Waals surface area contributed by atoms with Gasteiger partial charge in [-0.25, -0.2) is 0 Å². The van der Waals surface area contributed by atoms with Gasteiger partial charge in [0.2, 0.25) is 0 Å². The Hall–Kier alpha value is -2.20.